The van der Waals surface area contributed by atoms with Crippen molar-refractivity contribution in [1.29, 1.82) is 0 Å². The summed E-state index contributed by atoms with van der Waals surface area (Å²) < 4.78 is 16.6. The average molecular weight is 511 g/mol. The summed E-state index contributed by atoms with van der Waals surface area (Å²) in [4.78, 5) is 14.5. The highest BCUT2D eigenvalue weighted by atomic mass is 19.1. The second kappa shape index (κ2) is 8.25. The highest BCUT2D eigenvalue weighted by Crippen LogP contribution is 2.40. The Kier molecular flexibility index (Phi) is 4.88. The number of phenolic OH excluding ortho intramolecular Hbond substituents is 1. The Bertz CT molecular complexity index is 1560. The van der Waals surface area contributed by atoms with Crippen LogP contribution in [0.3, 0.4) is 0 Å². The molecule has 0 radical (unpaired) electrons. The Balaban J connectivity index is 1.29. The molecule has 4 fully saturated rings. The summed E-state index contributed by atoms with van der Waals surface area (Å²) in [7, 11) is 0. The summed E-state index contributed by atoms with van der Waals surface area (Å²) in [6.07, 6.45) is 4.69. The van der Waals surface area contributed by atoms with Crippen molar-refractivity contribution in [3.63, 3.8) is 0 Å². The molecule has 2 bridgehead atoms. The monoisotopic (exact) mass is 510 g/mol. The van der Waals surface area contributed by atoms with Crippen LogP contribution in [0, 0.1) is 5.82 Å². The number of aromatic nitrogens is 2. The molecule has 4 aromatic rings. The van der Waals surface area contributed by atoms with Crippen molar-refractivity contribution in [2.24, 2.45) is 0 Å². The molecule has 8 heteroatoms. The van der Waals surface area contributed by atoms with Crippen molar-refractivity contribution in [3.8, 4) is 16.9 Å². The quantitative estimate of drug-likeness (QED) is 0.382. The summed E-state index contributed by atoms with van der Waals surface area (Å²) in [5, 5.41) is 20.3. The van der Waals surface area contributed by atoms with Gasteiger partial charge >= 0.3 is 0 Å². The minimum atomic E-state index is -0.365. The van der Waals surface area contributed by atoms with E-state index < -0.39 is 0 Å². The van der Waals surface area contributed by atoms with Gasteiger partial charge in [-0.3, -0.25) is 0 Å². The van der Waals surface area contributed by atoms with Gasteiger partial charge in [0, 0.05) is 49.2 Å². The lowest BCUT2D eigenvalue weighted by Crippen LogP contribution is -2.67. The Morgan fingerprint density at radius 1 is 0.921 bits per heavy atom. The largest absolute Gasteiger partial charge is 0.508 e. The highest BCUT2D eigenvalue weighted by Gasteiger charge is 2.46. The molecule has 0 aliphatic carbocycles. The fraction of sp³-hybridized carbons (Fsp3) is 0.400. The molecule has 0 amide bonds. The van der Waals surface area contributed by atoms with Crippen LogP contribution >= 0.6 is 0 Å². The summed E-state index contributed by atoms with van der Waals surface area (Å²) in [5.74, 6) is 1.19. The molecule has 3 aromatic carbocycles. The molecule has 194 valence electrons. The van der Waals surface area contributed by atoms with Gasteiger partial charge in [0.15, 0.2) is 5.82 Å². The van der Waals surface area contributed by atoms with E-state index in [1.165, 1.54) is 19.3 Å². The third-order valence-electron chi connectivity index (χ3n) is 9.03. The first-order valence-corrected chi connectivity index (χ1v) is 13.8. The fourth-order valence-electron chi connectivity index (χ4n) is 7.18. The molecule has 5 heterocycles. The van der Waals surface area contributed by atoms with Crippen LogP contribution in [0.15, 0.2) is 48.5 Å². The third-order valence-corrected chi connectivity index (χ3v) is 9.03. The van der Waals surface area contributed by atoms with Crippen LogP contribution in [-0.4, -0.2) is 65.4 Å². The molecule has 4 saturated heterocycles. The van der Waals surface area contributed by atoms with Gasteiger partial charge < -0.3 is 25.5 Å². The van der Waals surface area contributed by atoms with Crippen LogP contribution in [0.4, 0.5) is 16.2 Å². The van der Waals surface area contributed by atoms with E-state index in [1.54, 1.807) is 12.1 Å². The van der Waals surface area contributed by atoms with Crippen molar-refractivity contribution in [2.75, 3.05) is 42.5 Å². The number of halogens is 1. The predicted molar refractivity (Wildman–Crippen MR) is 148 cm³/mol. The highest BCUT2D eigenvalue weighted by molar-refractivity contribution is 6.01. The zero-order valence-corrected chi connectivity index (χ0v) is 21.3. The first kappa shape index (κ1) is 22.5. The van der Waals surface area contributed by atoms with E-state index in [0.717, 1.165) is 61.1 Å². The average Bonchev–Trinajstić information content (AvgIpc) is 3.53. The second-order valence-corrected chi connectivity index (χ2v) is 11.6. The zero-order valence-electron chi connectivity index (χ0n) is 21.3. The number of phenols is 1. The second-order valence-electron chi connectivity index (χ2n) is 11.6. The first-order chi connectivity index (χ1) is 18.6. The Morgan fingerprint density at radius 2 is 1.74 bits per heavy atom. The maximum Gasteiger partial charge on any atom is 0.228 e. The standard InChI is InChI=1S/C30H31FN6O/c31-26-23(25-13-21(38)12-18-4-1-2-5-22(18)25)8-9-24-27(26)34-29(37-16-30(17-37)10-3-11-32-30)35-28(24)36-14-19-6-7-20(15-36)33-19/h1-2,4-5,8-9,12-13,19-20,32-33,38H,3,6-7,10-11,14-17H2. The number of rotatable bonds is 3. The lowest BCUT2D eigenvalue weighted by atomic mass is 9.89. The smallest absolute Gasteiger partial charge is 0.228 e. The number of hydrogen-bond donors (Lipinski definition) is 3. The van der Waals surface area contributed by atoms with E-state index in [-0.39, 0.29) is 17.1 Å². The number of piperazine rings is 1. The molecule has 1 spiro atoms. The minimum absolute atomic E-state index is 0.119. The summed E-state index contributed by atoms with van der Waals surface area (Å²) in [6.45, 7) is 4.49. The van der Waals surface area contributed by atoms with E-state index >= 15 is 4.39 Å². The minimum Gasteiger partial charge on any atom is -0.508 e. The van der Waals surface area contributed by atoms with Crippen molar-refractivity contribution in [2.45, 2.75) is 43.3 Å². The number of nitrogens with zero attached hydrogens (tertiary/aromatic N) is 4. The van der Waals surface area contributed by atoms with Crippen LogP contribution in [0.25, 0.3) is 32.8 Å². The molecular weight excluding hydrogens is 479 g/mol. The zero-order chi connectivity index (χ0) is 25.4. The molecule has 8 rings (SSSR count). The molecule has 1 aromatic heterocycles. The lowest BCUT2D eigenvalue weighted by Gasteiger charge is -2.48. The van der Waals surface area contributed by atoms with Gasteiger partial charge in [-0.2, -0.15) is 4.98 Å². The summed E-state index contributed by atoms with van der Waals surface area (Å²) >= 11 is 0. The third kappa shape index (κ3) is 3.47. The number of hydrogen-bond acceptors (Lipinski definition) is 7. The molecule has 2 atom stereocenters. The van der Waals surface area contributed by atoms with Crippen molar-refractivity contribution < 1.29 is 9.50 Å². The maximum absolute atomic E-state index is 16.6. The topological polar surface area (TPSA) is 76.6 Å². The molecule has 38 heavy (non-hydrogen) atoms. The van der Waals surface area contributed by atoms with Crippen LogP contribution in [0.5, 0.6) is 5.75 Å². The van der Waals surface area contributed by atoms with Crippen LogP contribution in [-0.2, 0) is 0 Å². The van der Waals surface area contributed by atoms with E-state index in [0.29, 0.717) is 34.7 Å². The Morgan fingerprint density at radius 3 is 2.53 bits per heavy atom. The number of benzene rings is 3. The lowest BCUT2D eigenvalue weighted by molar-refractivity contribution is 0.291. The SMILES string of the molecule is Oc1cc(-c2ccc3c(N4CC5CCC(C4)N5)nc(N4CC5(CCCN5)C4)nc3c2F)c2ccccc2c1. The van der Waals surface area contributed by atoms with E-state index in [2.05, 4.69) is 20.4 Å². The Labute approximate surface area is 220 Å². The van der Waals surface area contributed by atoms with Gasteiger partial charge in [0.25, 0.3) is 0 Å². The summed E-state index contributed by atoms with van der Waals surface area (Å²) in [6, 6.07) is 15.8. The molecular formula is C30H31FN6O. The van der Waals surface area contributed by atoms with E-state index in [4.69, 9.17) is 9.97 Å². The van der Waals surface area contributed by atoms with Gasteiger partial charge in [-0.25, -0.2) is 9.37 Å². The van der Waals surface area contributed by atoms with Gasteiger partial charge in [-0.1, -0.05) is 30.3 Å². The van der Waals surface area contributed by atoms with E-state index in [1.807, 2.05) is 36.4 Å². The van der Waals surface area contributed by atoms with Gasteiger partial charge in [-0.05, 0) is 66.8 Å². The molecule has 3 N–H and O–H groups in total. The Hall–Kier alpha value is -3.49. The van der Waals surface area contributed by atoms with Gasteiger partial charge in [-0.15, -0.1) is 0 Å². The maximum atomic E-state index is 16.6. The normalized spacial score (nSPS) is 24.0. The van der Waals surface area contributed by atoms with Crippen molar-refractivity contribution in [1.82, 2.24) is 20.6 Å². The van der Waals surface area contributed by atoms with Crippen LogP contribution in [0.1, 0.15) is 25.7 Å². The van der Waals surface area contributed by atoms with Gasteiger partial charge in [0.2, 0.25) is 5.95 Å². The fourth-order valence-corrected chi connectivity index (χ4v) is 7.18. The molecule has 7 nitrogen and oxygen atoms in total. The number of aromatic hydroxyl groups is 1. The van der Waals surface area contributed by atoms with Gasteiger partial charge in [0.05, 0.1) is 5.54 Å². The molecule has 4 aliphatic heterocycles. The first-order valence-electron chi connectivity index (χ1n) is 13.8. The van der Waals surface area contributed by atoms with Crippen molar-refractivity contribution in [3.05, 3.63) is 54.3 Å². The van der Waals surface area contributed by atoms with Crippen LogP contribution < -0.4 is 20.4 Å². The van der Waals surface area contributed by atoms with Crippen LogP contribution in [0.2, 0.25) is 0 Å². The van der Waals surface area contributed by atoms with Gasteiger partial charge in [0.1, 0.15) is 17.1 Å². The molecule has 4 aliphatic rings. The predicted octanol–water partition coefficient (Wildman–Crippen LogP) is 4.18. The number of anilines is 2. The molecule has 0 saturated carbocycles. The van der Waals surface area contributed by atoms with Crippen molar-refractivity contribution >= 4 is 33.4 Å². The molecule has 2 unspecified atom stereocenters. The number of nitrogens with one attached hydrogen (secondary N) is 2. The summed E-state index contributed by atoms with van der Waals surface area (Å²) in [5.41, 5.74) is 1.60. The van der Waals surface area contributed by atoms with E-state index in [9.17, 15) is 5.11 Å². The number of fused-ring (bicyclic) bond motifs is 4.